The van der Waals surface area contributed by atoms with Crippen LogP contribution >= 0.6 is 0 Å². The molecule has 6 aromatic rings. The van der Waals surface area contributed by atoms with Gasteiger partial charge in [-0.25, -0.2) is 0 Å². The summed E-state index contributed by atoms with van der Waals surface area (Å²) < 4.78 is 0. The van der Waals surface area contributed by atoms with Gasteiger partial charge in [0.15, 0.2) is 0 Å². The molecule has 0 atom stereocenters. The molecule has 212 valence electrons. The first-order chi connectivity index (χ1) is 20.9. The molecule has 0 fully saturated rings. The van der Waals surface area contributed by atoms with Crippen LogP contribution in [0.1, 0.15) is 27.8 Å². The molecular formula is C41H38N2. The Morgan fingerprint density at radius 3 is 0.930 bits per heavy atom. The first-order valence-electron chi connectivity index (χ1n) is 14.9. The molecule has 0 aliphatic carbocycles. The minimum atomic E-state index is 1.13. The molecular weight excluding hydrogens is 520 g/mol. The predicted molar refractivity (Wildman–Crippen MR) is 185 cm³/mol. The summed E-state index contributed by atoms with van der Waals surface area (Å²) >= 11 is 0. The highest BCUT2D eigenvalue weighted by molar-refractivity contribution is 5.90. The normalized spacial score (nSPS) is 10.9. The van der Waals surface area contributed by atoms with Crippen molar-refractivity contribution >= 4 is 34.1 Å². The minimum Gasteiger partial charge on any atom is -0.310 e. The minimum absolute atomic E-state index is 1.13. The van der Waals surface area contributed by atoms with Gasteiger partial charge in [-0.15, -0.1) is 0 Å². The predicted octanol–water partition coefficient (Wildman–Crippen LogP) is 11.8. The molecule has 0 spiro atoms. The third kappa shape index (κ3) is 5.96. The molecule has 6 aromatic carbocycles. The summed E-state index contributed by atoms with van der Waals surface area (Å²) in [6.07, 6.45) is 0. The first-order valence-corrected chi connectivity index (χ1v) is 14.9. The second kappa shape index (κ2) is 12.0. The highest BCUT2D eigenvalue weighted by Crippen LogP contribution is 2.46. The van der Waals surface area contributed by atoms with Crippen molar-refractivity contribution in [2.75, 3.05) is 9.80 Å². The van der Waals surface area contributed by atoms with Gasteiger partial charge >= 0.3 is 0 Å². The Kier molecular flexibility index (Phi) is 7.85. The fourth-order valence-corrected chi connectivity index (χ4v) is 5.58. The molecule has 2 heteroatoms. The van der Waals surface area contributed by atoms with Gasteiger partial charge in [-0.2, -0.15) is 0 Å². The summed E-state index contributed by atoms with van der Waals surface area (Å²) in [5.41, 5.74) is 15.3. The standard InChI is InChI=1S/C41H38N2/c1-29-11-19-36(20-12-29)42(37-21-13-30(2)14-22-37)40-27-35(34-9-7-6-8-10-34)28-41(33(40)5)43(38-23-15-31(3)16-24-38)39-25-17-32(4)18-26-39/h6-28H,1-5H3. The van der Waals surface area contributed by atoms with Gasteiger partial charge in [-0.1, -0.05) is 101 Å². The molecule has 2 nitrogen and oxygen atoms in total. The average molecular weight is 559 g/mol. The van der Waals surface area contributed by atoms with E-state index in [-0.39, 0.29) is 0 Å². The number of hydrogen-bond acceptors (Lipinski definition) is 2. The lowest BCUT2D eigenvalue weighted by molar-refractivity contribution is 1.20. The van der Waals surface area contributed by atoms with Gasteiger partial charge in [0.1, 0.15) is 0 Å². The van der Waals surface area contributed by atoms with Crippen LogP contribution in [0.25, 0.3) is 11.1 Å². The molecule has 43 heavy (non-hydrogen) atoms. The molecule has 0 N–H and O–H groups in total. The van der Waals surface area contributed by atoms with E-state index >= 15 is 0 Å². The third-order valence-corrected chi connectivity index (χ3v) is 8.11. The first kappa shape index (κ1) is 28.1. The van der Waals surface area contributed by atoms with E-state index in [4.69, 9.17) is 0 Å². The van der Waals surface area contributed by atoms with Gasteiger partial charge in [-0.05, 0) is 112 Å². The lowest BCUT2D eigenvalue weighted by Gasteiger charge is -2.33. The molecule has 0 saturated heterocycles. The maximum absolute atomic E-state index is 2.40. The maximum atomic E-state index is 2.40. The molecule has 0 aromatic heterocycles. The van der Waals surface area contributed by atoms with Gasteiger partial charge < -0.3 is 9.80 Å². The molecule has 6 rings (SSSR count). The van der Waals surface area contributed by atoms with Crippen LogP contribution in [0.3, 0.4) is 0 Å². The van der Waals surface area contributed by atoms with Crippen molar-refractivity contribution in [1.82, 2.24) is 0 Å². The Labute approximate surface area is 256 Å². The zero-order valence-corrected chi connectivity index (χ0v) is 25.7. The van der Waals surface area contributed by atoms with Crippen molar-refractivity contribution in [2.45, 2.75) is 34.6 Å². The van der Waals surface area contributed by atoms with Crippen LogP contribution in [0.2, 0.25) is 0 Å². The lowest BCUT2D eigenvalue weighted by Crippen LogP contribution is -2.16. The van der Waals surface area contributed by atoms with Crippen LogP contribution < -0.4 is 9.80 Å². The molecule has 0 aliphatic heterocycles. The van der Waals surface area contributed by atoms with Crippen molar-refractivity contribution in [3.8, 4) is 11.1 Å². The number of hydrogen-bond donors (Lipinski definition) is 0. The number of anilines is 6. The van der Waals surface area contributed by atoms with E-state index in [2.05, 4.69) is 184 Å². The van der Waals surface area contributed by atoms with Gasteiger partial charge in [-0.3, -0.25) is 0 Å². The fraction of sp³-hybridized carbons (Fsp3) is 0.122. The second-order valence-corrected chi connectivity index (χ2v) is 11.5. The maximum Gasteiger partial charge on any atom is 0.0517 e. The molecule has 0 unspecified atom stereocenters. The van der Waals surface area contributed by atoms with Crippen molar-refractivity contribution in [1.29, 1.82) is 0 Å². The van der Waals surface area contributed by atoms with Gasteiger partial charge in [0.25, 0.3) is 0 Å². The monoisotopic (exact) mass is 558 g/mol. The summed E-state index contributed by atoms with van der Waals surface area (Å²) in [5.74, 6) is 0. The fourth-order valence-electron chi connectivity index (χ4n) is 5.58. The summed E-state index contributed by atoms with van der Waals surface area (Å²) in [4.78, 5) is 4.79. The van der Waals surface area contributed by atoms with Gasteiger partial charge in [0, 0.05) is 22.7 Å². The lowest BCUT2D eigenvalue weighted by atomic mass is 9.98. The zero-order valence-electron chi connectivity index (χ0n) is 25.7. The molecule has 0 aliphatic rings. The molecule has 0 bridgehead atoms. The van der Waals surface area contributed by atoms with Crippen molar-refractivity contribution in [2.24, 2.45) is 0 Å². The van der Waals surface area contributed by atoms with E-state index in [0.29, 0.717) is 0 Å². The summed E-state index contributed by atoms with van der Waals surface area (Å²) in [5, 5.41) is 0. The van der Waals surface area contributed by atoms with E-state index in [1.54, 1.807) is 0 Å². The topological polar surface area (TPSA) is 6.48 Å². The number of rotatable bonds is 7. The Morgan fingerprint density at radius 1 is 0.326 bits per heavy atom. The average Bonchev–Trinajstić information content (AvgIpc) is 3.03. The van der Waals surface area contributed by atoms with Crippen LogP contribution in [0.5, 0.6) is 0 Å². The highest BCUT2D eigenvalue weighted by atomic mass is 15.2. The number of aryl methyl sites for hydroxylation is 4. The van der Waals surface area contributed by atoms with E-state index < -0.39 is 0 Å². The Hall–Kier alpha value is -5.08. The van der Waals surface area contributed by atoms with Crippen LogP contribution in [0.15, 0.2) is 140 Å². The summed E-state index contributed by atoms with van der Waals surface area (Å²) in [6, 6.07) is 50.7. The Morgan fingerprint density at radius 2 is 0.628 bits per heavy atom. The number of nitrogens with zero attached hydrogens (tertiary/aromatic N) is 2. The molecule has 0 radical (unpaired) electrons. The Bertz CT molecular complexity index is 1610. The van der Waals surface area contributed by atoms with Gasteiger partial charge in [0.2, 0.25) is 0 Å². The van der Waals surface area contributed by atoms with E-state index in [1.165, 1.54) is 38.9 Å². The number of benzene rings is 6. The quantitative estimate of drug-likeness (QED) is 0.192. The van der Waals surface area contributed by atoms with E-state index in [0.717, 1.165) is 34.1 Å². The van der Waals surface area contributed by atoms with Crippen molar-refractivity contribution < 1.29 is 0 Å². The SMILES string of the molecule is Cc1ccc(N(c2ccc(C)cc2)c2cc(-c3ccccc3)cc(N(c3ccc(C)cc3)c3ccc(C)cc3)c2C)cc1. The van der Waals surface area contributed by atoms with Crippen LogP contribution in [0, 0.1) is 34.6 Å². The third-order valence-electron chi connectivity index (χ3n) is 8.11. The highest BCUT2D eigenvalue weighted by Gasteiger charge is 2.23. The van der Waals surface area contributed by atoms with E-state index in [1.807, 2.05) is 0 Å². The Balaban J connectivity index is 1.66. The molecule has 0 saturated carbocycles. The van der Waals surface area contributed by atoms with E-state index in [9.17, 15) is 0 Å². The molecule has 0 amide bonds. The van der Waals surface area contributed by atoms with Crippen molar-refractivity contribution in [3.05, 3.63) is 167 Å². The molecule has 0 heterocycles. The van der Waals surface area contributed by atoms with Crippen LogP contribution in [-0.4, -0.2) is 0 Å². The van der Waals surface area contributed by atoms with Crippen LogP contribution in [0.4, 0.5) is 34.1 Å². The summed E-state index contributed by atoms with van der Waals surface area (Å²) in [7, 11) is 0. The second-order valence-electron chi connectivity index (χ2n) is 11.5. The van der Waals surface area contributed by atoms with Gasteiger partial charge in [0.05, 0.1) is 11.4 Å². The van der Waals surface area contributed by atoms with Crippen molar-refractivity contribution in [3.63, 3.8) is 0 Å². The largest absolute Gasteiger partial charge is 0.310 e. The van der Waals surface area contributed by atoms with Crippen LogP contribution in [-0.2, 0) is 0 Å². The smallest absolute Gasteiger partial charge is 0.0517 e. The summed E-state index contributed by atoms with van der Waals surface area (Å²) in [6.45, 7) is 10.8. The zero-order chi connectivity index (χ0) is 29.9.